The number of carbonyl (C=O) groups excluding carboxylic acids is 16. The quantitative estimate of drug-likeness (QED) is 0.0134. The number of esters is 3. The van der Waals surface area contributed by atoms with Gasteiger partial charge in [-0.15, -0.1) is 0 Å². The molecule has 2 saturated heterocycles. The van der Waals surface area contributed by atoms with E-state index in [9.17, 15) is 88.7 Å². The Bertz CT molecular complexity index is 4380. The molecule has 6 aliphatic rings. The van der Waals surface area contributed by atoms with Gasteiger partial charge in [-0.05, 0) is 211 Å². The van der Waals surface area contributed by atoms with E-state index in [0.717, 1.165) is 45.4 Å². The molecule has 39 heteroatoms. The molecule has 2 aliphatic heterocycles. The number of hydrogen-bond acceptors (Lipinski definition) is 20. The van der Waals surface area contributed by atoms with E-state index in [4.69, 9.17) is 19.9 Å². The standard InChI is InChI=1S/C96H148F6N14O19/c1-21-52(14)74(86(126)115-76-55(17)133-90(130)73(51(12)13)111-78(118)64(23-3)104-80(120)66(45-57-29-25-24-26-30-57)106-82(122)70(48(6)7)108-85(125)75(53(15)22-2)113-88(76)128)112-79(119)65(31-27-43-103)105-81(121)67-32-28-44-116(67)89(129)72(50(10)11)110-84(124)71(49(8)9)109-87(127)77(56(18)134-91(131)95(97,98)99)114-83(123)69(47(4)5)107-68(117)38-33-54(16)61-36-37-62-60-35-34-58-46-59(135-92(132)96(100,101)102)39-41-93(58,19)63(60)40-42-94(61,62)20/h23-26,29-30,47-56,58-63,65-67,69-77H,21-22,27-28,31-46,103H2,1-20H3,(H,104,120)(H,105,121)(H,106,122)(H,107,117)(H,108,125)(H,109,127)(H,110,124)(H,111,118)(H,112,119)(H,113,128)(H,114,123)(H,115,126)/b64-23-/t52-,53-,54+,55+,56+,58+,59+,60-,61+,62-,63-,65-,66-,67+,69+,70+,71-,72+,73-,74+,75+,76+,77-,93-,94+/m0/s1. The molecule has 4 aliphatic carbocycles. The van der Waals surface area contributed by atoms with Crippen molar-refractivity contribution in [2.75, 3.05) is 13.1 Å². The molecule has 0 radical (unpaired) electrons. The molecule has 25 atom stereocenters. The molecule has 7 rings (SSSR count). The minimum Gasteiger partial charge on any atom is -0.458 e. The van der Waals surface area contributed by atoms with Gasteiger partial charge in [-0.1, -0.05) is 167 Å². The number of cyclic esters (lactones) is 1. The van der Waals surface area contributed by atoms with Crippen LogP contribution in [0.1, 0.15) is 253 Å². The maximum atomic E-state index is 15.2. The Kier molecular flexibility index (Phi) is 40.5. The fraction of sp³-hybridized carbons (Fsp3) is 0.750. The number of nitrogens with zero attached hydrogens (tertiary/aromatic N) is 1. The fourth-order valence-corrected chi connectivity index (χ4v) is 20.8. The van der Waals surface area contributed by atoms with Gasteiger partial charge in [0.1, 0.15) is 96.5 Å². The van der Waals surface area contributed by atoms with Crippen molar-refractivity contribution in [3.05, 3.63) is 47.7 Å². The van der Waals surface area contributed by atoms with E-state index in [-0.39, 0.29) is 98.7 Å². The highest BCUT2D eigenvalue weighted by molar-refractivity contribution is 6.03. The lowest BCUT2D eigenvalue weighted by Crippen LogP contribution is -2.64. The Labute approximate surface area is 788 Å². The van der Waals surface area contributed by atoms with E-state index < -0.39 is 239 Å². The zero-order valence-electron chi connectivity index (χ0n) is 81.8. The normalized spacial score (nSPS) is 28.2. The molecule has 1 aromatic rings. The summed E-state index contributed by atoms with van der Waals surface area (Å²) in [6, 6.07) is -9.78. The number of fused-ring (bicyclic) bond motifs is 5. The van der Waals surface area contributed by atoms with Gasteiger partial charge in [-0.3, -0.25) is 62.3 Å². The molecule has 14 N–H and O–H groups in total. The molecule has 0 bridgehead atoms. The van der Waals surface area contributed by atoms with Gasteiger partial charge in [-0.2, -0.15) is 26.3 Å². The predicted molar refractivity (Wildman–Crippen MR) is 486 cm³/mol. The molecule has 33 nitrogen and oxygen atoms in total. The summed E-state index contributed by atoms with van der Waals surface area (Å²) < 4.78 is 97.0. The topological polar surface area (TPSA) is 474 Å². The van der Waals surface area contributed by atoms with Gasteiger partial charge < -0.3 is 88.6 Å². The van der Waals surface area contributed by atoms with Crippen LogP contribution >= 0.6 is 0 Å². The van der Waals surface area contributed by atoms with E-state index in [2.05, 4.69) is 84.6 Å². The lowest BCUT2D eigenvalue weighted by atomic mass is 9.44. The number of alkyl halides is 6. The zero-order chi connectivity index (χ0) is 101. The van der Waals surface area contributed by atoms with Crippen molar-refractivity contribution >= 4 is 94.7 Å². The summed E-state index contributed by atoms with van der Waals surface area (Å²) >= 11 is 0. The summed E-state index contributed by atoms with van der Waals surface area (Å²) in [5.74, 6) is -21.6. The molecule has 6 fully saturated rings. The Balaban J connectivity index is 1.04. The van der Waals surface area contributed by atoms with Crippen molar-refractivity contribution in [3.63, 3.8) is 0 Å². The Morgan fingerprint density at radius 3 is 1.73 bits per heavy atom. The van der Waals surface area contributed by atoms with E-state index in [1.54, 1.807) is 113 Å². The Hall–Kier alpha value is -9.98. The SMILES string of the molecule is C/C=C1\NC(=O)[C@H](Cc2ccccc2)NC(=O)[C@@H](C(C)C)NC(=O)[C@@H]([C@@H](C)CC)NC(=O)[C@H](NC(=O)[C@H](NC(=O)[C@H](CCCN)NC(=O)[C@H]2CCCN2C(=O)[C@H](NC(=O)[C@@H](NC(=O)[C@@H](NC(=O)[C@H](NC(=O)CC[C@@H](C)[C@H]2CC[C@H]3[C@@H]4CC[C@@H]5C[C@H](OC(=O)C(F)(F)F)CC[C@]5(C)[C@H]4CC[C@]23C)C(C)C)[C@@H](C)OC(=O)C(F)(F)F)C(C)C)C(C)C)[C@@H](C)CC)[C@@H](C)OC(=O)[C@H](C(C)C)NC1=O. The number of allylic oxidation sites excluding steroid dienone is 1. The molecule has 0 spiro atoms. The third-order valence-electron chi connectivity index (χ3n) is 29.3. The second kappa shape index (κ2) is 48.8. The first-order valence-corrected chi connectivity index (χ1v) is 48.2. The van der Waals surface area contributed by atoms with Crippen molar-refractivity contribution in [2.45, 2.75) is 357 Å². The van der Waals surface area contributed by atoms with Crippen molar-refractivity contribution < 1.29 is 117 Å². The average molecular weight is 1920 g/mol. The largest absolute Gasteiger partial charge is 0.490 e. The van der Waals surface area contributed by atoms with Crippen molar-refractivity contribution in [1.29, 1.82) is 0 Å². The van der Waals surface area contributed by atoms with Gasteiger partial charge >= 0.3 is 30.3 Å². The number of amides is 13. The summed E-state index contributed by atoms with van der Waals surface area (Å²) in [6.07, 6.45) is -6.03. The predicted octanol–water partition coefficient (Wildman–Crippen LogP) is 7.67. The van der Waals surface area contributed by atoms with Crippen molar-refractivity contribution in [2.24, 2.45) is 93.5 Å². The van der Waals surface area contributed by atoms with Crippen LogP contribution in [0.25, 0.3) is 0 Å². The molecule has 2 heterocycles. The van der Waals surface area contributed by atoms with Crippen LogP contribution in [-0.4, -0.2) is 216 Å². The van der Waals surface area contributed by atoms with Crippen LogP contribution in [0.4, 0.5) is 26.3 Å². The van der Waals surface area contributed by atoms with E-state index in [0.29, 0.717) is 49.0 Å². The van der Waals surface area contributed by atoms with Crippen molar-refractivity contribution in [3.8, 4) is 0 Å². The number of halogens is 6. The molecular formula is C96H148F6N14O19. The van der Waals surface area contributed by atoms with E-state index >= 15 is 14.4 Å². The molecular weight excluding hydrogens is 1770 g/mol. The molecule has 4 saturated carbocycles. The highest BCUT2D eigenvalue weighted by Crippen LogP contribution is 2.68. The smallest absolute Gasteiger partial charge is 0.458 e. The van der Waals surface area contributed by atoms with Crippen molar-refractivity contribution in [1.82, 2.24) is 68.7 Å². The number of ether oxygens (including phenoxy) is 3. The van der Waals surface area contributed by atoms with Crippen LogP contribution < -0.4 is 69.5 Å². The summed E-state index contributed by atoms with van der Waals surface area (Å²) in [7, 11) is 0. The number of nitrogens with two attached hydrogens (primary N) is 1. The highest BCUT2D eigenvalue weighted by Gasteiger charge is 2.62. The first-order valence-electron chi connectivity index (χ1n) is 48.2. The molecule has 135 heavy (non-hydrogen) atoms. The maximum absolute atomic E-state index is 15.2. The monoisotopic (exact) mass is 1920 g/mol. The number of benzene rings is 1. The van der Waals surface area contributed by atoms with E-state index in [1.165, 1.54) is 38.7 Å². The second-order valence-corrected chi connectivity index (χ2v) is 40.5. The van der Waals surface area contributed by atoms with Gasteiger partial charge in [0.2, 0.25) is 70.9 Å². The highest BCUT2D eigenvalue weighted by atomic mass is 19.4. The van der Waals surface area contributed by atoms with Gasteiger partial charge in [0.25, 0.3) is 5.91 Å². The minimum atomic E-state index is -5.58. The average Bonchev–Trinajstić information content (AvgIpc) is 1.63. The number of likely N-dealkylation sites (tertiary alicyclic amines) is 1. The lowest BCUT2D eigenvalue weighted by Gasteiger charge is -2.61. The molecule has 0 aromatic heterocycles. The van der Waals surface area contributed by atoms with Crippen LogP contribution in [0.2, 0.25) is 0 Å². The molecule has 0 unspecified atom stereocenters. The number of rotatable bonds is 35. The molecule has 1 aromatic carbocycles. The minimum absolute atomic E-state index is 0.000458. The third kappa shape index (κ3) is 28.8. The van der Waals surface area contributed by atoms with Gasteiger partial charge in [0, 0.05) is 19.4 Å². The first-order chi connectivity index (χ1) is 63.1. The number of nitrogens with one attached hydrogen (secondary N) is 12. The summed E-state index contributed by atoms with van der Waals surface area (Å²) in [5.41, 5.74) is 6.11. The van der Waals surface area contributed by atoms with Gasteiger partial charge in [-0.25, -0.2) is 14.4 Å². The Morgan fingerprint density at radius 1 is 0.585 bits per heavy atom. The van der Waals surface area contributed by atoms with Crippen LogP contribution in [0.5, 0.6) is 0 Å². The first kappa shape index (κ1) is 112. The maximum Gasteiger partial charge on any atom is 0.490 e. The molecule has 13 amide bonds. The fourth-order valence-electron chi connectivity index (χ4n) is 20.8. The number of hydrogen-bond donors (Lipinski definition) is 13. The molecule has 758 valence electrons. The van der Waals surface area contributed by atoms with Crippen LogP contribution in [0.3, 0.4) is 0 Å². The summed E-state index contributed by atoms with van der Waals surface area (Å²) in [6.45, 7) is 32.7. The van der Waals surface area contributed by atoms with Gasteiger partial charge in [0.15, 0.2) is 0 Å². The van der Waals surface area contributed by atoms with E-state index in [1.807, 2.05) is 0 Å². The lowest BCUT2D eigenvalue weighted by molar-refractivity contribution is -0.210. The Morgan fingerprint density at radius 2 is 1.15 bits per heavy atom. The van der Waals surface area contributed by atoms with Crippen LogP contribution in [0, 0.1) is 87.8 Å². The van der Waals surface area contributed by atoms with Crippen LogP contribution in [-0.2, 0) is 97.3 Å². The zero-order valence-corrected chi connectivity index (χ0v) is 81.8. The summed E-state index contributed by atoms with van der Waals surface area (Å²) in [5, 5.41) is 31.7. The third-order valence-corrected chi connectivity index (χ3v) is 29.3. The van der Waals surface area contributed by atoms with Gasteiger partial charge in [0.05, 0.1) is 0 Å². The second-order valence-electron chi connectivity index (χ2n) is 40.5. The summed E-state index contributed by atoms with van der Waals surface area (Å²) in [4.78, 5) is 231. The number of carbonyl (C=O) groups is 16. The van der Waals surface area contributed by atoms with Crippen LogP contribution in [0.15, 0.2) is 42.1 Å².